The predicted octanol–water partition coefficient (Wildman–Crippen LogP) is 0.496. The molecule has 3 aliphatic heterocycles. The lowest BCUT2D eigenvalue weighted by Crippen LogP contribution is -2.57. The predicted molar refractivity (Wildman–Crippen MR) is 77.1 cm³/mol. The number of sulfonamides is 1. The summed E-state index contributed by atoms with van der Waals surface area (Å²) in [5, 5.41) is 2.90. The van der Waals surface area contributed by atoms with Gasteiger partial charge in [-0.1, -0.05) is 0 Å². The number of piperidine rings is 3. The lowest BCUT2D eigenvalue weighted by Gasteiger charge is -2.44. The van der Waals surface area contributed by atoms with E-state index in [4.69, 9.17) is 0 Å². The standard InChI is InChI=1S/C13H20N4O2S/c1-14-11-2-5-15-8-13(11)20(18,19)16-12-9-17-6-3-10(12)4-7-17/h2,5,8,10,12,16H,3-4,6-7,9H2,1H3,(H,14,15). The van der Waals surface area contributed by atoms with E-state index in [1.54, 1.807) is 19.3 Å². The van der Waals surface area contributed by atoms with E-state index in [0.717, 1.165) is 32.5 Å². The number of rotatable bonds is 4. The highest BCUT2D eigenvalue weighted by atomic mass is 32.2. The Morgan fingerprint density at radius 3 is 2.70 bits per heavy atom. The molecular weight excluding hydrogens is 276 g/mol. The van der Waals surface area contributed by atoms with Gasteiger partial charge < -0.3 is 10.2 Å². The Morgan fingerprint density at radius 2 is 2.10 bits per heavy atom. The zero-order valence-corrected chi connectivity index (χ0v) is 12.4. The molecule has 7 heteroatoms. The van der Waals surface area contributed by atoms with Gasteiger partial charge in [-0.2, -0.15) is 0 Å². The van der Waals surface area contributed by atoms with Gasteiger partial charge in [0.1, 0.15) is 4.90 Å². The van der Waals surface area contributed by atoms with Gasteiger partial charge in [-0.15, -0.1) is 0 Å². The lowest BCUT2D eigenvalue weighted by atomic mass is 9.85. The molecule has 1 unspecified atom stereocenters. The van der Waals surface area contributed by atoms with Gasteiger partial charge in [-0.05, 0) is 37.9 Å². The van der Waals surface area contributed by atoms with Gasteiger partial charge in [0.15, 0.2) is 0 Å². The average molecular weight is 296 g/mol. The lowest BCUT2D eigenvalue weighted by molar-refractivity contribution is 0.0827. The summed E-state index contributed by atoms with van der Waals surface area (Å²) >= 11 is 0. The second-order valence-corrected chi connectivity index (χ2v) is 7.17. The Labute approximate surface area is 119 Å². The van der Waals surface area contributed by atoms with Gasteiger partial charge in [0, 0.05) is 32.0 Å². The summed E-state index contributed by atoms with van der Waals surface area (Å²) < 4.78 is 28.0. The molecule has 0 aliphatic carbocycles. The molecule has 4 heterocycles. The third-order valence-electron chi connectivity index (χ3n) is 4.31. The van der Waals surface area contributed by atoms with Crippen molar-refractivity contribution in [3.05, 3.63) is 18.5 Å². The summed E-state index contributed by atoms with van der Waals surface area (Å²) in [4.78, 5) is 6.48. The minimum Gasteiger partial charge on any atom is -0.387 e. The molecule has 0 amide bonds. The van der Waals surface area contributed by atoms with Crippen molar-refractivity contribution in [2.45, 2.75) is 23.8 Å². The Bertz CT molecular complexity index is 582. The van der Waals surface area contributed by atoms with E-state index in [-0.39, 0.29) is 10.9 Å². The highest BCUT2D eigenvalue weighted by Gasteiger charge is 2.36. The van der Waals surface area contributed by atoms with E-state index in [2.05, 4.69) is 19.9 Å². The molecule has 2 bridgehead atoms. The van der Waals surface area contributed by atoms with Crippen LogP contribution in [0.15, 0.2) is 23.4 Å². The fraction of sp³-hybridized carbons (Fsp3) is 0.615. The maximum Gasteiger partial charge on any atom is 0.244 e. The van der Waals surface area contributed by atoms with E-state index >= 15 is 0 Å². The zero-order valence-electron chi connectivity index (χ0n) is 11.5. The van der Waals surface area contributed by atoms with Crippen LogP contribution in [0.25, 0.3) is 0 Å². The van der Waals surface area contributed by atoms with E-state index in [9.17, 15) is 8.42 Å². The molecule has 2 N–H and O–H groups in total. The number of anilines is 1. The van der Waals surface area contributed by atoms with Crippen LogP contribution in [-0.2, 0) is 10.0 Å². The number of fused-ring (bicyclic) bond motifs is 3. The summed E-state index contributed by atoms with van der Waals surface area (Å²) in [6.45, 7) is 3.01. The van der Waals surface area contributed by atoms with Gasteiger partial charge in [-0.3, -0.25) is 4.98 Å². The Hall–Kier alpha value is -1.18. The Balaban J connectivity index is 1.82. The molecule has 1 atom stereocenters. The zero-order chi connectivity index (χ0) is 14.2. The van der Waals surface area contributed by atoms with Crippen LogP contribution >= 0.6 is 0 Å². The maximum absolute atomic E-state index is 12.5. The van der Waals surface area contributed by atoms with Crippen LogP contribution in [0.1, 0.15) is 12.8 Å². The first-order valence-electron chi connectivity index (χ1n) is 6.96. The highest BCUT2D eigenvalue weighted by Crippen LogP contribution is 2.29. The van der Waals surface area contributed by atoms with Crippen LogP contribution in [0, 0.1) is 5.92 Å². The second kappa shape index (κ2) is 5.31. The molecule has 3 fully saturated rings. The molecule has 6 nitrogen and oxygen atoms in total. The summed E-state index contributed by atoms with van der Waals surface area (Å²) in [6, 6.07) is 1.69. The maximum atomic E-state index is 12.5. The quantitative estimate of drug-likeness (QED) is 0.846. The number of hydrogen-bond acceptors (Lipinski definition) is 5. The molecule has 0 saturated carbocycles. The van der Waals surface area contributed by atoms with Crippen molar-refractivity contribution in [1.82, 2.24) is 14.6 Å². The summed E-state index contributed by atoms with van der Waals surface area (Å²) in [7, 11) is -1.82. The van der Waals surface area contributed by atoms with Crippen LogP contribution in [0.2, 0.25) is 0 Å². The summed E-state index contributed by atoms with van der Waals surface area (Å²) in [5.74, 6) is 0.462. The van der Waals surface area contributed by atoms with Crippen molar-refractivity contribution in [3.8, 4) is 0 Å². The van der Waals surface area contributed by atoms with E-state index < -0.39 is 10.0 Å². The van der Waals surface area contributed by atoms with Gasteiger partial charge in [0.25, 0.3) is 0 Å². The molecule has 110 valence electrons. The van der Waals surface area contributed by atoms with Crippen molar-refractivity contribution in [2.75, 3.05) is 32.0 Å². The van der Waals surface area contributed by atoms with E-state index in [1.807, 2.05) is 0 Å². The molecule has 3 aliphatic rings. The number of nitrogens with one attached hydrogen (secondary N) is 2. The molecular formula is C13H20N4O2S. The minimum absolute atomic E-state index is 0.0208. The highest BCUT2D eigenvalue weighted by molar-refractivity contribution is 7.89. The Kier molecular flexibility index (Phi) is 3.66. The number of hydrogen-bond donors (Lipinski definition) is 2. The van der Waals surface area contributed by atoms with Crippen molar-refractivity contribution in [3.63, 3.8) is 0 Å². The normalized spacial score (nSPS) is 29.4. The van der Waals surface area contributed by atoms with Gasteiger partial charge in [0.2, 0.25) is 10.0 Å². The van der Waals surface area contributed by atoms with Gasteiger partial charge in [0.05, 0.1) is 5.69 Å². The molecule has 3 saturated heterocycles. The fourth-order valence-corrected chi connectivity index (χ4v) is 4.61. The molecule has 1 aromatic rings. The first-order chi connectivity index (χ1) is 9.60. The van der Waals surface area contributed by atoms with Crippen LogP contribution in [0.3, 0.4) is 0 Å². The SMILES string of the molecule is CNc1ccncc1S(=O)(=O)NC1CN2CCC1CC2. The average Bonchev–Trinajstić information content (AvgIpc) is 2.48. The first-order valence-corrected chi connectivity index (χ1v) is 8.45. The number of aromatic nitrogens is 1. The van der Waals surface area contributed by atoms with Crippen LogP contribution in [0.4, 0.5) is 5.69 Å². The van der Waals surface area contributed by atoms with Crippen LogP contribution < -0.4 is 10.0 Å². The summed E-state index contributed by atoms with van der Waals surface area (Å²) in [6.07, 6.45) is 5.15. The van der Waals surface area contributed by atoms with Crippen LogP contribution in [-0.4, -0.2) is 51.0 Å². The topological polar surface area (TPSA) is 74.3 Å². The summed E-state index contributed by atoms with van der Waals surface area (Å²) in [5.41, 5.74) is 0.578. The van der Waals surface area contributed by atoms with Gasteiger partial charge in [-0.25, -0.2) is 13.1 Å². The number of nitrogens with zero attached hydrogens (tertiary/aromatic N) is 2. The van der Waals surface area contributed by atoms with E-state index in [1.165, 1.54) is 6.20 Å². The fourth-order valence-electron chi connectivity index (χ4n) is 3.16. The molecule has 4 rings (SSSR count). The third-order valence-corrected chi connectivity index (χ3v) is 5.82. The second-order valence-electron chi connectivity index (χ2n) is 5.49. The minimum atomic E-state index is -3.53. The van der Waals surface area contributed by atoms with Crippen molar-refractivity contribution in [2.24, 2.45) is 5.92 Å². The Morgan fingerprint density at radius 1 is 1.35 bits per heavy atom. The molecule has 0 aromatic carbocycles. The molecule has 0 spiro atoms. The first kappa shape index (κ1) is 13.8. The van der Waals surface area contributed by atoms with Crippen molar-refractivity contribution >= 4 is 15.7 Å². The van der Waals surface area contributed by atoms with Gasteiger partial charge >= 0.3 is 0 Å². The largest absolute Gasteiger partial charge is 0.387 e. The smallest absolute Gasteiger partial charge is 0.244 e. The number of pyridine rings is 1. The molecule has 1 aromatic heterocycles. The van der Waals surface area contributed by atoms with E-state index in [0.29, 0.717) is 11.6 Å². The monoisotopic (exact) mass is 296 g/mol. The van der Waals surface area contributed by atoms with Crippen molar-refractivity contribution in [1.29, 1.82) is 0 Å². The third kappa shape index (κ3) is 2.53. The molecule has 20 heavy (non-hydrogen) atoms. The van der Waals surface area contributed by atoms with Crippen molar-refractivity contribution < 1.29 is 8.42 Å². The van der Waals surface area contributed by atoms with Crippen LogP contribution in [0.5, 0.6) is 0 Å². The molecule has 0 radical (unpaired) electrons.